The lowest BCUT2D eigenvalue weighted by Gasteiger charge is -2.27. The number of carbonyl (C=O) groups is 1. The fraction of sp³-hybridized carbons (Fsp3) is 0.333. The van der Waals surface area contributed by atoms with Gasteiger partial charge in [0.2, 0.25) is 12.0 Å². The highest BCUT2D eigenvalue weighted by atomic mass is 16.2. The summed E-state index contributed by atoms with van der Waals surface area (Å²) in [5.74, 6) is 0.0623. The van der Waals surface area contributed by atoms with Crippen LogP contribution in [0.15, 0.2) is 29.3 Å². The highest BCUT2D eigenvalue weighted by molar-refractivity contribution is 5.95. The van der Waals surface area contributed by atoms with Gasteiger partial charge in [-0.25, -0.2) is 9.79 Å². The second-order valence-electron chi connectivity index (χ2n) is 3.80. The predicted molar refractivity (Wildman–Crippen MR) is 63.5 cm³/mol. The lowest BCUT2D eigenvalue weighted by molar-refractivity contribution is -0.118. The number of hydrogen-bond donors (Lipinski definition) is 1. The summed E-state index contributed by atoms with van der Waals surface area (Å²) in [5, 5.41) is 3.02. The van der Waals surface area contributed by atoms with Crippen LogP contribution in [0.25, 0.3) is 0 Å². The van der Waals surface area contributed by atoms with Gasteiger partial charge in [0.1, 0.15) is 0 Å². The second-order valence-corrected chi connectivity index (χ2v) is 3.80. The van der Waals surface area contributed by atoms with E-state index >= 15 is 0 Å². The van der Waals surface area contributed by atoms with Crippen molar-refractivity contribution in [2.75, 3.05) is 24.5 Å². The zero-order valence-electron chi connectivity index (χ0n) is 9.35. The van der Waals surface area contributed by atoms with Crippen LogP contribution in [-0.2, 0) is 16.1 Å². The molecule has 0 radical (unpaired) electrons. The average Bonchev–Trinajstić information content (AvgIpc) is 2.37. The number of piperazine rings is 1. The number of amides is 1. The lowest BCUT2D eigenvalue weighted by Crippen LogP contribution is -2.48. The first-order chi connectivity index (χ1) is 8.31. The van der Waals surface area contributed by atoms with Crippen LogP contribution in [-0.4, -0.2) is 31.6 Å². The van der Waals surface area contributed by atoms with Gasteiger partial charge in [0.25, 0.3) is 0 Å². The molecule has 1 aliphatic rings. The van der Waals surface area contributed by atoms with E-state index in [9.17, 15) is 9.59 Å². The molecule has 1 aliphatic heterocycles. The van der Waals surface area contributed by atoms with Crippen molar-refractivity contribution < 1.29 is 9.59 Å². The topological polar surface area (TPSA) is 61.8 Å². The monoisotopic (exact) mass is 231 g/mol. The quantitative estimate of drug-likeness (QED) is 0.607. The SMILES string of the molecule is O=C=NCc1cccc(N2CCNCC2=O)c1. The molecule has 0 unspecified atom stereocenters. The van der Waals surface area contributed by atoms with E-state index in [1.165, 1.54) is 6.08 Å². The minimum Gasteiger partial charge on any atom is -0.310 e. The largest absolute Gasteiger partial charge is 0.310 e. The van der Waals surface area contributed by atoms with Gasteiger partial charge in [-0.05, 0) is 17.7 Å². The van der Waals surface area contributed by atoms with E-state index in [1.54, 1.807) is 4.90 Å². The van der Waals surface area contributed by atoms with Crippen LogP contribution in [0.3, 0.4) is 0 Å². The number of nitrogens with one attached hydrogen (secondary N) is 1. The van der Waals surface area contributed by atoms with Crippen LogP contribution >= 0.6 is 0 Å². The highest BCUT2D eigenvalue weighted by Gasteiger charge is 2.18. The Morgan fingerprint density at radius 1 is 1.47 bits per heavy atom. The summed E-state index contributed by atoms with van der Waals surface area (Å²) in [6.07, 6.45) is 1.51. The number of benzene rings is 1. The standard InChI is InChI=1S/C12H13N3O2/c16-9-14-7-10-2-1-3-11(6-10)15-5-4-13-8-12(15)17/h1-3,6,13H,4-5,7-8H2. The Kier molecular flexibility index (Phi) is 3.65. The molecule has 5 heteroatoms. The van der Waals surface area contributed by atoms with Gasteiger partial charge < -0.3 is 10.2 Å². The summed E-state index contributed by atoms with van der Waals surface area (Å²) in [4.78, 5) is 27.0. The zero-order chi connectivity index (χ0) is 12.1. The molecule has 0 aromatic heterocycles. The van der Waals surface area contributed by atoms with Gasteiger partial charge in [-0.2, -0.15) is 0 Å². The van der Waals surface area contributed by atoms with Crippen LogP contribution in [0, 0.1) is 0 Å². The van der Waals surface area contributed by atoms with E-state index < -0.39 is 0 Å². The molecule has 1 saturated heterocycles. The summed E-state index contributed by atoms with van der Waals surface area (Å²) in [5.41, 5.74) is 1.76. The van der Waals surface area contributed by atoms with E-state index in [-0.39, 0.29) is 5.91 Å². The average molecular weight is 231 g/mol. The molecular weight excluding hydrogens is 218 g/mol. The summed E-state index contributed by atoms with van der Waals surface area (Å²) in [6, 6.07) is 7.50. The van der Waals surface area contributed by atoms with Crippen LogP contribution in [0.2, 0.25) is 0 Å². The number of isocyanates is 1. The Hall–Kier alpha value is -1.97. The van der Waals surface area contributed by atoms with Crippen molar-refractivity contribution in [3.05, 3.63) is 29.8 Å². The van der Waals surface area contributed by atoms with Crippen molar-refractivity contribution in [3.8, 4) is 0 Å². The van der Waals surface area contributed by atoms with E-state index in [1.807, 2.05) is 24.3 Å². The first kappa shape index (κ1) is 11.5. The molecule has 2 rings (SSSR count). The maximum Gasteiger partial charge on any atom is 0.240 e. The Morgan fingerprint density at radius 2 is 2.35 bits per heavy atom. The number of carbonyl (C=O) groups excluding carboxylic acids is 2. The van der Waals surface area contributed by atoms with Crippen molar-refractivity contribution in [2.45, 2.75) is 6.54 Å². The first-order valence-corrected chi connectivity index (χ1v) is 5.45. The van der Waals surface area contributed by atoms with Crippen LogP contribution in [0.5, 0.6) is 0 Å². The maximum absolute atomic E-state index is 11.7. The number of aliphatic imine (C=N–C) groups is 1. The Bertz CT molecular complexity index is 467. The molecule has 1 amide bonds. The lowest BCUT2D eigenvalue weighted by atomic mass is 10.1. The van der Waals surface area contributed by atoms with Crippen LogP contribution in [0.4, 0.5) is 5.69 Å². The van der Waals surface area contributed by atoms with Crippen molar-refractivity contribution >= 4 is 17.7 Å². The molecule has 0 bridgehead atoms. The number of rotatable bonds is 3. The molecular formula is C12H13N3O2. The van der Waals surface area contributed by atoms with Crippen molar-refractivity contribution in [3.63, 3.8) is 0 Å². The molecule has 88 valence electrons. The van der Waals surface area contributed by atoms with Gasteiger partial charge in [0.15, 0.2) is 0 Å². The molecule has 17 heavy (non-hydrogen) atoms. The van der Waals surface area contributed by atoms with E-state index in [0.29, 0.717) is 19.6 Å². The van der Waals surface area contributed by atoms with Gasteiger partial charge >= 0.3 is 0 Å². The van der Waals surface area contributed by atoms with Gasteiger partial charge in [-0.15, -0.1) is 0 Å². The molecule has 1 N–H and O–H groups in total. The molecule has 0 spiro atoms. The summed E-state index contributed by atoms with van der Waals surface area (Å²) in [7, 11) is 0. The zero-order valence-corrected chi connectivity index (χ0v) is 9.35. The molecule has 1 heterocycles. The van der Waals surface area contributed by atoms with Gasteiger partial charge in [0.05, 0.1) is 13.1 Å². The van der Waals surface area contributed by atoms with Gasteiger partial charge in [0, 0.05) is 18.8 Å². The predicted octanol–water partition coefficient (Wildman–Crippen LogP) is 0.459. The molecule has 1 fully saturated rings. The number of anilines is 1. The molecule has 1 aromatic rings. The highest BCUT2D eigenvalue weighted by Crippen LogP contribution is 2.17. The maximum atomic E-state index is 11.7. The Labute approximate surface area is 99.1 Å². The van der Waals surface area contributed by atoms with Crippen LogP contribution in [0.1, 0.15) is 5.56 Å². The number of nitrogens with zero attached hydrogens (tertiary/aromatic N) is 2. The van der Waals surface area contributed by atoms with Gasteiger partial charge in [-0.3, -0.25) is 4.79 Å². The molecule has 0 aliphatic carbocycles. The fourth-order valence-electron chi connectivity index (χ4n) is 1.83. The molecule has 1 aromatic carbocycles. The van der Waals surface area contributed by atoms with Crippen molar-refractivity contribution in [2.24, 2.45) is 4.99 Å². The van der Waals surface area contributed by atoms with Crippen molar-refractivity contribution in [1.82, 2.24) is 5.32 Å². The van der Waals surface area contributed by atoms with E-state index in [4.69, 9.17) is 0 Å². The van der Waals surface area contributed by atoms with E-state index in [0.717, 1.165) is 17.8 Å². The van der Waals surface area contributed by atoms with Gasteiger partial charge in [-0.1, -0.05) is 12.1 Å². The second kappa shape index (κ2) is 5.39. The first-order valence-electron chi connectivity index (χ1n) is 5.45. The Balaban J connectivity index is 2.19. The minimum absolute atomic E-state index is 0.0623. The number of hydrogen-bond acceptors (Lipinski definition) is 4. The third-order valence-corrected chi connectivity index (χ3v) is 2.64. The minimum atomic E-state index is 0.0623. The summed E-state index contributed by atoms with van der Waals surface area (Å²) in [6.45, 7) is 2.13. The molecule has 0 atom stereocenters. The fourth-order valence-corrected chi connectivity index (χ4v) is 1.83. The third-order valence-electron chi connectivity index (χ3n) is 2.64. The smallest absolute Gasteiger partial charge is 0.240 e. The van der Waals surface area contributed by atoms with E-state index in [2.05, 4.69) is 10.3 Å². The molecule has 5 nitrogen and oxygen atoms in total. The van der Waals surface area contributed by atoms with Crippen LogP contribution < -0.4 is 10.2 Å². The van der Waals surface area contributed by atoms with Crippen molar-refractivity contribution in [1.29, 1.82) is 0 Å². The third kappa shape index (κ3) is 2.78. The normalized spacial score (nSPS) is 15.5. The summed E-state index contributed by atoms with van der Waals surface area (Å²) >= 11 is 0. The Morgan fingerprint density at radius 3 is 3.12 bits per heavy atom. The summed E-state index contributed by atoms with van der Waals surface area (Å²) < 4.78 is 0. The molecule has 0 saturated carbocycles.